The number of nitrogens with zero attached hydrogens (tertiary/aromatic N) is 1. The van der Waals surface area contributed by atoms with Crippen molar-refractivity contribution in [3.63, 3.8) is 0 Å². The molecule has 0 N–H and O–H groups in total. The van der Waals surface area contributed by atoms with E-state index in [0.717, 1.165) is 6.54 Å². The van der Waals surface area contributed by atoms with Gasteiger partial charge < -0.3 is 0 Å². The van der Waals surface area contributed by atoms with Crippen molar-refractivity contribution in [2.24, 2.45) is 0 Å². The summed E-state index contributed by atoms with van der Waals surface area (Å²) in [6.45, 7) is 3.35. The minimum absolute atomic E-state index is 1.16. The van der Waals surface area contributed by atoms with Crippen molar-refractivity contribution in [3.8, 4) is 0 Å². The van der Waals surface area contributed by atoms with E-state index < -0.39 is 0 Å². The SMILES string of the molecule is Cc1cccc[n+]1CCCCCCCCc1ccccc1. The highest BCUT2D eigenvalue weighted by atomic mass is 14.9. The molecule has 1 heterocycles. The van der Waals surface area contributed by atoms with Gasteiger partial charge in [-0.25, -0.2) is 4.57 Å². The number of hydrogen-bond donors (Lipinski definition) is 0. The van der Waals surface area contributed by atoms with Crippen LogP contribution < -0.4 is 4.57 Å². The van der Waals surface area contributed by atoms with E-state index in [2.05, 4.69) is 66.2 Å². The maximum absolute atomic E-state index is 2.36. The normalized spacial score (nSPS) is 10.7. The van der Waals surface area contributed by atoms with Crippen LogP contribution in [0.4, 0.5) is 0 Å². The Balaban J connectivity index is 1.48. The van der Waals surface area contributed by atoms with E-state index in [-0.39, 0.29) is 0 Å². The minimum atomic E-state index is 1.16. The second-order valence-electron chi connectivity index (χ2n) is 5.89. The third-order valence-corrected chi connectivity index (χ3v) is 4.12. The lowest BCUT2D eigenvalue weighted by molar-refractivity contribution is -0.703. The quantitative estimate of drug-likeness (QED) is 0.456. The third kappa shape index (κ3) is 6.12. The van der Waals surface area contributed by atoms with Gasteiger partial charge in [-0.05, 0) is 24.8 Å². The molecule has 0 saturated carbocycles. The highest BCUT2D eigenvalue weighted by Crippen LogP contribution is 2.09. The number of hydrogen-bond acceptors (Lipinski definition) is 0. The maximum atomic E-state index is 2.36. The average Bonchev–Trinajstić information content (AvgIpc) is 2.52. The highest BCUT2D eigenvalue weighted by Gasteiger charge is 2.03. The van der Waals surface area contributed by atoms with Crippen LogP contribution in [0.15, 0.2) is 54.7 Å². The minimum Gasteiger partial charge on any atom is -0.203 e. The van der Waals surface area contributed by atoms with Crippen molar-refractivity contribution >= 4 is 0 Å². The van der Waals surface area contributed by atoms with Gasteiger partial charge in [0.15, 0.2) is 11.9 Å². The highest BCUT2D eigenvalue weighted by molar-refractivity contribution is 5.14. The number of benzene rings is 1. The zero-order valence-corrected chi connectivity index (χ0v) is 13.3. The monoisotopic (exact) mass is 282 g/mol. The fourth-order valence-electron chi connectivity index (χ4n) is 2.78. The summed E-state index contributed by atoms with van der Waals surface area (Å²) in [7, 11) is 0. The van der Waals surface area contributed by atoms with E-state index in [9.17, 15) is 0 Å². The molecule has 0 aliphatic rings. The zero-order chi connectivity index (χ0) is 14.8. The van der Waals surface area contributed by atoms with E-state index >= 15 is 0 Å². The van der Waals surface area contributed by atoms with Crippen LogP contribution in [0, 0.1) is 6.92 Å². The second kappa shape index (κ2) is 9.33. The Hall–Kier alpha value is -1.63. The molecule has 0 bridgehead atoms. The predicted molar refractivity (Wildman–Crippen MR) is 89.2 cm³/mol. The smallest absolute Gasteiger partial charge is 0.178 e. The standard InChI is InChI=1S/C20H28N/c1-19-13-10-12-18-21(19)17-11-5-3-2-4-7-14-20-15-8-6-9-16-20/h6,8-10,12-13,15-16,18H,2-5,7,11,14,17H2,1H3/q+1. The molecule has 112 valence electrons. The first-order valence-corrected chi connectivity index (χ1v) is 8.35. The Morgan fingerprint density at radius 2 is 1.38 bits per heavy atom. The summed E-state index contributed by atoms with van der Waals surface area (Å²) in [5, 5.41) is 0. The van der Waals surface area contributed by atoms with Crippen molar-refractivity contribution in [3.05, 3.63) is 66.0 Å². The molecule has 0 saturated heterocycles. The molecule has 1 aromatic heterocycles. The maximum Gasteiger partial charge on any atom is 0.178 e. The first-order chi connectivity index (χ1) is 10.4. The zero-order valence-electron chi connectivity index (χ0n) is 13.3. The van der Waals surface area contributed by atoms with E-state index in [0.29, 0.717) is 0 Å². The van der Waals surface area contributed by atoms with E-state index in [1.807, 2.05) is 0 Å². The molecule has 1 nitrogen and oxygen atoms in total. The molecule has 1 aromatic carbocycles. The molecule has 0 atom stereocenters. The molecule has 2 aromatic rings. The van der Waals surface area contributed by atoms with Crippen LogP contribution in [0.1, 0.15) is 49.8 Å². The average molecular weight is 282 g/mol. The van der Waals surface area contributed by atoms with Crippen molar-refractivity contribution < 1.29 is 4.57 Å². The van der Waals surface area contributed by atoms with E-state index in [1.165, 1.54) is 56.2 Å². The molecular weight excluding hydrogens is 254 g/mol. The molecule has 0 amide bonds. The summed E-state index contributed by atoms with van der Waals surface area (Å²) < 4.78 is 2.36. The van der Waals surface area contributed by atoms with Crippen molar-refractivity contribution in [2.45, 2.75) is 58.4 Å². The number of pyridine rings is 1. The lowest BCUT2D eigenvalue weighted by Gasteiger charge is -2.03. The van der Waals surface area contributed by atoms with Crippen LogP contribution in [0.5, 0.6) is 0 Å². The van der Waals surface area contributed by atoms with Gasteiger partial charge in [0.05, 0.1) is 0 Å². The van der Waals surface area contributed by atoms with Crippen molar-refractivity contribution in [2.75, 3.05) is 0 Å². The largest absolute Gasteiger partial charge is 0.203 e. The van der Waals surface area contributed by atoms with Gasteiger partial charge in [-0.2, -0.15) is 0 Å². The molecule has 0 aliphatic heterocycles. The fourth-order valence-corrected chi connectivity index (χ4v) is 2.78. The summed E-state index contributed by atoms with van der Waals surface area (Å²) in [6.07, 6.45) is 11.5. The van der Waals surface area contributed by atoms with Gasteiger partial charge in [0, 0.05) is 25.5 Å². The predicted octanol–water partition coefficient (Wildman–Crippen LogP) is 4.87. The van der Waals surface area contributed by atoms with Gasteiger partial charge >= 0.3 is 0 Å². The number of aromatic nitrogens is 1. The van der Waals surface area contributed by atoms with Gasteiger partial charge in [-0.1, -0.05) is 55.7 Å². The number of unbranched alkanes of at least 4 members (excludes halogenated alkanes) is 5. The molecular formula is C20H28N+. The second-order valence-corrected chi connectivity index (χ2v) is 5.89. The molecule has 0 radical (unpaired) electrons. The van der Waals surface area contributed by atoms with E-state index in [4.69, 9.17) is 0 Å². The van der Waals surface area contributed by atoms with Crippen molar-refractivity contribution in [1.29, 1.82) is 0 Å². The topological polar surface area (TPSA) is 3.88 Å². The van der Waals surface area contributed by atoms with Gasteiger partial charge in [-0.3, -0.25) is 0 Å². The fraction of sp³-hybridized carbons (Fsp3) is 0.450. The Morgan fingerprint density at radius 3 is 2.14 bits per heavy atom. The summed E-state index contributed by atoms with van der Waals surface area (Å²) in [6, 6.07) is 17.3. The van der Waals surface area contributed by atoms with Gasteiger partial charge in [0.25, 0.3) is 0 Å². The summed E-state index contributed by atoms with van der Waals surface area (Å²) in [4.78, 5) is 0. The lowest BCUT2D eigenvalue weighted by Crippen LogP contribution is -2.36. The number of rotatable bonds is 9. The number of aryl methyl sites for hydroxylation is 3. The summed E-state index contributed by atoms with van der Waals surface area (Å²) in [5.41, 5.74) is 2.84. The van der Waals surface area contributed by atoms with Crippen LogP contribution in [0.25, 0.3) is 0 Å². The van der Waals surface area contributed by atoms with Crippen molar-refractivity contribution in [1.82, 2.24) is 0 Å². The molecule has 2 rings (SSSR count). The van der Waals surface area contributed by atoms with Crippen LogP contribution >= 0.6 is 0 Å². The van der Waals surface area contributed by atoms with Crippen LogP contribution in [-0.4, -0.2) is 0 Å². The van der Waals surface area contributed by atoms with Gasteiger partial charge in [0.1, 0.15) is 6.54 Å². The Bertz CT molecular complexity index is 504. The molecule has 1 heteroatoms. The molecule has 21 heavy (non-hydrogen) atoms. The van der Waals surface area contributed by atoms with Gasteiger partial charge in [0.2, 0.25) is 0 Å². The van der Waals surface area contributed by atoms with Crippen LogP contribution in [-0.2, 0) is 13.0 Å². The molecule has 0 fully saturated rings. The summed E-state index contributed by atoms with van der Waals surface area (Å²) >= 11 is 0. The Morgan fingerprint density at radius 1 is 0.714 bits per heavy atom. The summed E-state index contributed by atoms with van der Waals surface area (Å²) in [5.74, 6) is 0. The van der Waals surface area contributed by atoms with Gasteiger partial charge in [-0.15, -0.1) is 0 Å². The molecule has 0 unspecified atom stereocenters. The van der Waals surface area contributed by atoms with Crippen LogP contribution in [0.2, 0.25) is 0 Å². The Labute approximate surface area is 129 Å². The molecule has 0 aliphatic carbocycles. The first-order valence-electron chi connectivity index (χ1n) is 8.35. The molecule has 0 spiro atoms. The first kappa shape index (κ1) is 15.8. The Kier molecular flexibility index (Phi) is 7.00. The van der Waals surface area contributed by atoms with Crippen LogP contribution in [0.3, 0.4) is 0 Å². The van der Waals surface area contributed by atoms with E-state index in [1.54, 1.807) is 0 Å². The lowest BCUT2D eigenvalue weighted by atomic mass is 10.0. The third-order valence-electron chi connectivity index (χ3n) is 4.12.